The molecule has 0 heterocycles. The number of hydrogen-bond donors (Lipinski definition) is 1. The lowest BCUT2D eigenvalue weighted by Gasteiger charge is -2.33. The number of methoxy groups -OCH3 is 1. The second-order valence-corrected chi connectivity index (χ2v) is 11.7. The summed E-state index contributed by atoms with van der Waals surface area (Å²) in [6.45, 7) is 5.76. The number of nitrogens with zero attached hydrogens (tertiary/aromatic N) is 2. The van der Waals surface area contributed by atoms with Crippen molar-refractivity contribution < 1.29 is 22.7 Å². The van der Waals surface area contributed by atoms with E-state index >= 15 is 0 Å². The third-order valence-corrected chi connectivity index (χ3v) is 8.44. The molecular formula is C30H36ClN3O5S. The molecule has 0 aliphatic rings. The number of benzene rings is 3. The van der Waals surface area contributed by atoms with E-state index in [-0.39, 0.29) is 33.8 Å². The molecule has 0 aliphatic carbocycles. The molecule has 0 unspecified atom stereocenters. The zero-order chi connectivity index (χ0) is 29.3. The lowest BCUT2D eigenvalue weighted by Crippen LogP contribution is -2.52. The van der Waals surface area contributed by atoms with Gasteiger partial charge in [-0.15, -0.1) is 0 Å². The first-order valence-electron chi connectivity index (χ1n) is 13.2. The van der Waals surface area contributed by atoms with Crippen molar-refractivity contribution in [2.45, 2.75) is 51.1 Å². The summed E-state index contributed by atoms with van der Waals surface area (Å²) in [5.41, 5.74) is 1.99. The Bertz CT molecular complexity index is 1400. The van der Waals surface area contributed by atoms with Crippen LogP contribution >= 0.6 is 11.6 Å². The minimum atomic E-state index is -4.23. The van der Waals surface area contributed by atoms with Gasteiger partial charge >= 0.3 is 0 Å². The predicted molar refractivity (Wildman–Crippen MR) is 158 cm³/mol. The summed E-state index contributed by atoms with van der Waals surface area (Å²) < 4.78 is 34.4. The third kappa shape index (κ3) is 7.55. The maximum absolute atomic E-state index is 14.1. The summed E-state index contributed by atoms with van der Waals surface area (Å²) in [5, 5.41) is 3.15. The molecule has 3 aromatic rings. The van der Waals surface area contributed by atoms with Gasteiger partial charge in [0.25, 0.3) is 10.0 Å². The second-order valence-electron chi connectivity index (χ2n) is 9.36. The van der Waals surface area contributed by atoms with Gasteiger partial charge in [-0.05, 0) is 55.7 Å². The van der Waals surface area contributed by atoms with Crippen molar-refractivity contribution in [2.24, 2.45) is 0 Å². The van der Waals surface area contributed by atoms with Crippen LogP contribution in [0.4, 0.5) is 5.69 Å². The van der Waals surface area contributed by atoms with Crippen LogP contribution < -0.4 is 14.4 Å². The second kappa shape index (κ2) is 14.2. The van der Waals surface area contributed by atoms with Crippen LogP contribution in [0.15, 0.2) is 77.7 Å². The molecule has 3 rings (SSSR count). The predicted octanol–water partition coefficient (Wildman–Crippen LogP) is 5.19. The van der Waals surface area contributed by atoms with Crippen LogP contribution in [0.5, 0.6) is 5.75 Å². The van der Waals surface area contributed by atoms with Gasteiger partial charge in [-0.25, -0.2) is 8.42 Å². The Balaban J connectivity index is 2.10. The van der Waals surface area contributed by atoms with Crippen molar-refractivity contribution in [2.75, 3.05) is 24.5 Å². The van der Waals surface area contributed by atoms with Crippen LogP contribution in [0.3, 0.4) is 0 Å². The molecule has 3 aromatic carbocycles. The minimum absolute atomic E-state index is 0.00245. The van der Waals surface area contributed by atoms with Crippen molar-refractivity contribution in [1.82, 2.24) is 10.2 Å². The maximum atomic E-state index is 14.1. The van der Waals surface area contributed by atoms with Gasteiger partial charge in [0.1, 0.15) is 18.3 Å². The standard InChI is InChI=1S/C30H36ClN3O5S/c1-5-18-32-30(36)26(6-2)33(20-23-14-12-22(3)13-15-23)29(35)21-34(27-19-24(31)16-17-28(27)39-4)40(37,38)25-10-8-7-9-11-25/h7-17,19,26H,5-6,18,20-21H2,1-4H3,(H,32,36)/t26-/m1/s1. The lowest BCUT2D eigenvalue weighted by molar-refractivity contribution is -0.140. The Kier molecular flexibility index (Phi) is 11.0. The van der Waals surface area contributed by atoms with Gasteiger partial charge in [0, 0.05) is 18.1 Å². The summed E-state index contributed by atoms with van der Waals surface area (Å²) in [6.07, 6.45) is 1.09. The number of sulfonamides is 1. The SMILES string of the molecule is CCCNC(=O)[C@@H](CC)N(Cc1ccc(C)cc1)C(=O)CN(c1cc(Cl)ccc1OC)S(=O)(=O)c1ccccc1. The number of anilines is 1. The molecule has 8 nitrogen and oxygen atoms in total. The first-order chi connectivity index (χ1) is 19.1. The molecule has 2 amide bonds. The van der Waals surface area contributed by atoms with Crippen LogP contribution in [-0.4, -0.2) is 51.4 Å². The van der Waals surface area contributed by atoms with E-state index in [1.807, 2.05) is 45.0 Å². The van der Waals surface area contributed by atoms with E-state index in [1.54, 1.807) is 30.3 Å². The summed E-state index contributed by atoms with van der Waals surface area (Å²) in [7, 11) is -2.82. The topological polar surface area (TPSA) is 96.0 Å². The fourth-order valence-electron chi connectivity index (χ4n) is 4.27. The molecule has 0 spiro atoms. The Labute approximate surface area is 241 Å². The van der Waals surface area contributed by atoms with Crippen molar-refractivity contribution in [3.63, 3.8) is 0 Å². The summed E-state index contributed by atoms with van der Waals surface area (Å²) >= 11 is 6.27. The van der Waals surface area contributed by atoms with Crippen molar-refractivity contribution >= 4 is 39.1 Å². The zero-order valence-electron chi connectivity index (χ0n) is 23.3. The average molecular weight is 586 g/mol. The average Bonchev–Trinajstić information content (AvgIpc) is 2.95. The van der Waals surface area contributed by atoms with Gasteiger partial charge in [0.05, 0.1) is 17.7 Å². The molecule has 0 radical (unpaired) electrons. The quantitative estimate of drug-likeness (QED) is 0.298. The molecule has 0 bridgehead atoms. The molecule has 10 heteroatoms. The van der Waals surface area contributed by atoms with Gasteiger partial charge in [-0.1, -0.05) is 73.5 Å². The van der Waals surface area contributed by atoms with Crippen LogP contribution in [0.25, 0.3) is 0 Å². The van der Waals surface area contributed by atoms with Crippen molar-refractivity contribution in [3.05, 3.63) is 88.9 Å². The number of halogens is 1. The molecule has 1 atom stereocenters. The molecule has 0 aliphatic heterocycles. The Hall–Kier alpha value is -3.56. The Morgan fingerprint density at radius 1 is 1.00 bits per heavy atom. The summed E-state index contributed by atoms with van der Waals surface area (Å²) in [4.78, 5) is 28.7. The van der Waals surface area contributed by atoms with E-state index in [0.717, 1.165) is 21.9 Å². The van der Waals surface area contributed by atoms with Gasteiger partial charge in [0.15, 0.2) is 0 Å². The summed E-state index contributed by atoms with van der Waals surface area (Å²) in [5.74, 6) is -0.599. The lowest BCUT2D eigenvalue weighted by atomic mass is 10.1. The van der Waals surface area contributed by atoms with Gasteiger partial charge < -0.3 is 15.0 Å². The molecule has 214 valence electrons. The van der Waals surface area contributed by atoms with E-state index < -0.39 is 28.5 Å². The number of amides is 2. The number of nitrogens with one attached hydrogen (secondary N) is 1. The van der Waals surface area contributed by atoms with E-state index in [0.29, 0.717) is 13.0 Å². The molecule has 40 heavy (non-hydrogen) atoms. The fraction of sp³-hybridized carbons (Fsp3) is 0.333. The third-order valence-electron chi connectivity index (χ3n) is 6.43. The van der Waals surface area contributed by atoms with Crippen LogP contribution in [0.2, 0.25) is 5.02 Å². The first kappa shape index (κ1) is 31.0. The monoisotopic (exact) mass is 585 g/mol. The van der Waals surface area contributed by atoms with Crippen LogP contribution in [-0.2, 0) is 26.2 Å². The number of rotatable bonds is 13. The highest BCUT2D eigenvalue weighted by atomic mass is 35.5. The highest BCUT2D eigenvalue weighted by molar-refractivity contribution is 7.92. The zero-order valence-corrected chi connectivity index (χ0v) is 24.8. The fourth-order valence-corrected chi connectivity index (χ4v) is 5.87. The molecule has 0 aromatic heterocycles. The number of ether oxygens (including phenoxy) is 1. The Morgan fingerprint density at radius 2 is 1.68 bits per heavy atom. The normalized spacial score (nSPS) is 11.9. The molecule has 1 N–H and O–H groups in total. The first-order valence-corrected chi connectivity index (χ1v) is 15.0. The van der Waals surface area contributed by atoms with Gasteiger partial charge in [-0.3, -0.25) is 13.9 Å². The van der Waals surface area contributed by atoms with Crippen LogP contribution in [0, 0.1) is 6.92 Å². The van der Waals surface area contributed by atoms with E-state index in [9.17, 15) is 18.0 Å². The molecule has 0 fully saturated rings. The number of carbonyl (C=O) groups excluding carboxylic acids is 2. The van der Waals surface area contributed by atoms with E-state index in [1.165, 1.54) is 30.2 Å². The molecule has 0 saturated heterocycles. The van der Waals surface area contributed by atoms with Crippen molar-refractivity contribution in [3.8, 4) is 5.75 Å². The maximum Gasteiger partial charge on any atom is 0.264 e. The Morgan fingerprint density at radius 3 is 2.27 bits per heavy atom. The van der Waals surface area contributed by atoms with Gasteiger partial charge in [-0.2, -0.15) is 0 Å². The van der Waals surface area contributed by atoms with Crippen LogP contribution in [0.1, 0.15) is 37.8 Å². The van der Waals surface area contributed by atoms with Gasteiger partial charge in [0.2, 0.25) is 11.8 Å². The number of hydrogen-bond acceptors (Lipinski definition) is 5. The van der Waals surface area contributed by atoms with E-state index in [4.69, 9.17) is 16.3 Å². The van der Waals surface area contributed by atoms with Crippen molar-refractivity contribution in [1.29, 1.82) is 0 Å². The van der Waals surface area contributed by atoms with E-state index in [2.05, 4.69) is 5.32 Å². The molecule has 0 saturated carbocycles. The number of carbonyl (C=O) groups is 2. The number of aryl methyl sites for hydroxylation is 1. The highest BCUT2D eigenvalue weighted by Gasteiger charge is 2.34. The highest BCUT2D eigenvalue weighted by Crippen LogP contribution is 2.35. The summed E-state index contributed by atoms with van der Waals surface area (Å²) in [6, 6.07) is 19.3. The smallest absolute Gasteiger partial charge is 0.264 e. The largest absolute Gasteiger partial charge is 0.495 e. The minimum Gasteiger partial charge on any atom is -0.495 e. The molecular weight excluding hydrogens is 550 g/mol.